The first-order valence-electron chi connectivity index (χ1n) is 5.67. The number of hydrogen-bond donors (Lipinski definition) is 0. The lowest BCUT2D eigenvalue weighted by molar-refractivity contribution is 0.613. The molecule has 1 aromatic rings. The molecule has 0 aliphatic heterocycles. The quantitative estimate of drug-likeness (QED) is 0.761. The number of halogens is 1. The minimum absolute atomic E-state index is 0.305. The van der Waals surface area contributed by atoms with Crippen LogP contribution in [0.3, 0.4) is 0 Å². The molecule has 0 fully saturated rings. The Bertz CT molecular complexity index is 376. The molecule has 0 saturated heterocycles. The van der Waals surface area contributed by atoms with Gasteiger partial charge in [-0.05, 0) is 31.0 Å². The highest BCUT2D eigenvalue weighted by Crippen LogP contribution is 2.20. The largest absolute Gasteiger partial charge is 0.369 e. The molecule has 0 aliphatic rings. The third-order valence-electron chi connectivity index (χ3n) is 2.40. The van der Waals surface area contributed by atoms with E-state index in [1.807, 2.05) is 11.0 Å². The van der Waals surface area contributed by atoms with E-state index in [9.17, 15) is 4.39 Å². The summed E-state index contributed by atoms with van der Waals surface area (Å²) in [4.78, 5) is 2.02. The van der Waals surface area contributed by atoms with Crippen LogP contribution in [0.4, 0.5) is 10.1 Å². The van der Waals surface area contributed by atoms with Gasteiger partial charge in [-0.2, -0.15) is 5.26 Å². The standard InChI is InChI=1S/C13H17FN2/c1-3-7-16(8-4-2)13-6-5-11(10-15)9-12(13)14/h5-6,9H,3-4,7-8H2,1-2H3. The molecular weight excluding hydrogens is 203 g/mol. The Morgan fingerprint density at radius 1 is 1.25 bits per heavy atom. The van der Waals surface area contributed by atoms with Gasteiger partial charge in [-0.15, -0.1) is 0 Å². The molecule has 0 aliphatic carbocycles. The van der Waals surface area contributed by atoms with Crippen LogP contribution in [0.25, 0.3) is 0 Å². The van der Waals surface area contributed by atoms with Crippen molar-refractivity contribution in [1.29, 1.82) is 5.26 Å². The topological polar surface area (TPSA) is 27.0 Å². The van der Waals surface area contributed by atoms with Gasteiger partial charge in [0.1, 0.15) is 5.82 Å². The summed E-state index contributed by atoms with van der Waals surface area (Å²) in [5, 5.41) is 8.67. The summed E-state index contributed by atoms with van der Waals surface area (Å²) < 4.78 is 13.7. The van der Waals surface area contributed by atoms with Crippen molar-refractivity contribution in [2.45, 2.75) is 26.7 Å². The van der Waals surface area contributed by atoms with E-state index in [-0.39, 0.29) is 5.82 Å². The summed E-state index contributed by atoms with van der Waals surface area (Å²) in [6.45, 7) is 5.84. The van der Waals surface area contributed by atoms with Crippen molar-refractivity contribution in [3.8, 4) is 6.07 Å². The summed E-state index contributed by atoms with van der Waals surface area (Å²) in [5.74, 6) is -0.305. The number of nitrogens with zero attached hydrogens (tertiary/aromatic N) is 2. The van der Waals surface area contributed by atoms with Crippen molar-refractivity contribution in [1.82, 2.24) is 0 Å². The predicted octanol–water partition coefficient (Wildman–Crippen LogP) is 3.32. The number of rotatable bonds is 5. The van der Waals surface area contributed by atoms with Gasteiger partial charge in [-0.3, -0.25) is 0 Å². The number of nitriles is 1. The molecule has 0 unspecified atom stereocenters. The van der Waals surface area contributed by atoms with Gasteiger partial charge in [0.05, 0.1) is 17.3 Å². The maximum atomic E-state index is 13.7. The first-order valence-corrected chi connectivity index (χ1v) is 5.67. The lowest BCUT2D eigenvalue weighted by atomic mass is 10.2. The van der Waals surface area contributed by atoms with E-state index in [1.54, 1.807) is 12.1 Å². The molecular formula is C13H17FN2. The molecule has 16 heavy (non-hydrogen) atoms. The van der Waals surface area contributed by atoms with Crippen LogP contribution in [0.1, 0.15) is 32.3 Å². The van der Waals surface area contributed by atoms with Crippen LogP contribution in [0.15, 0.2) is 18.2 Å². The summed E-state index contributed by atoms with van der Waals surface area (Å²) in [7, 11) is 0. The molecule has 0 bridgehead atoms. The molecule has 0 saturated carbocycles. The lowest BCUT2D eigenvalue weighted by Gasteiger charge is -2.24. The van der Waals surface area contributed by atoms with Crippen molar-refractivity contribution in [2.75, 3.05) is 18.0 Å². The van der Waals surface area contributed by atoms with Crippen LogP contribution in [0, 0.1) is 17.1 Å². The Kier molecular flexibility index (Phi) is 4.78. The van der Waals surface area contributed by atoms with Crippen molar-refractivity contribution in [3.05, 3.63) is 29.6 Å². The van der Waals surface area contributed by atoms with Crippen LogP contribution >= 0.6 is 0 Å². The molecule has 2 nitrogen and oxygen atoms in total. The third kappa shape index (κ3) is 2.96. The smallest absolute Gasteiger partial charge is 0.147 e. The fourth-order valence-electron chi connectivity index (χ4n) is 1.73. The van der Waals surface area contributed by atoms with Crippen molar-refractivity contribution in [3.63, 3.8) is 0 Å². The molecule has 1 rings (SSSR count). The molecule has 0 radical (unpaired) electrons. The van der Waals surface area contributed by atoms with Gasteiger partial charge in [0.15, 0.2) is 0 Å². The third-order valence-corrected chi connectivity index (χ3v) is 2.40. The minimum Gasteiger partial charge on any atom is -0.369 e. The highest BCUT2D eigenvalue weighted by Gasteiger charge is 2.10. The maximum Gasteiger partial charge on any atom is 0.147 e. The van der Waals surface area contributed by atoms with Gasteiger partial charge in [0, 0.05) is 13.1 Å². The van der Waals surface area contributed by atoms with Crippen LogP contribution in [-0.2, 0) is 0 Å². The second-order valence-corrected chi connectivity index (χ2v) is 3.77. The van der Waals surface area contributed by atoms with E-state index in [0.717, 1.165) is 25.9 Å². The minimum atomic E-state index is -0.305. The van der Waals surface area contributed by atoms with Gasteiger partial charge in [-0.25, -0.2) is 4.39 Å². The molecule has 0 amide bonds. The molecule has 1 aromatic carbocycles. The second-order valence-electron chi connectivity index (χ2n) is 3.77. The average Bonchev–Trinajstić information content (AvgIpc) is 2.29. The summed E-state index contributed by atoms with van der Waals surface area (Å²) in [6, 6.07) is 6.60. The van der Waals surface area contributed by atoms with Crippen LogP contribution in [-0.4, -0.2) is 13.1 Å². The fourth-order valence-corrected chi connectivity index (χ4v) is 1.73. The Labute approximate surface area is 96.3 Å². The monoisotopic (exact) mass is 220 g/mol. The van der Waals surface area contributed by atoms with Gasteiger partial charge in [-0.1, -0.05) is 13.8 Å². The zero-order chi connectivity index (χ0) is 12.0. The highest BCUT2D eigenvalue weighted by molar-refractivity contribution is 5.51. The summed E-state index contributed by atoms with van der Waals surface area (Å²) >= 11 is 0. The van der Waals surface area contributed by atoms with Gasteiger partial charge >= 0.3 is 0 Å². The van der Waals surface area contributed by atoms with Crippen LogP contribution in [0.5, 0.6) is 0 Å². The Hall–Kier alpha value is -1.56. The van der Waals surface area contributed by atoms with Crippen LogP contribution < -0.4 is 4.90 Å². The molecule has 3 heteroatoms. The summed E-state index contributed by atoms with van der Waals surface area (Å²) in [5.41, 5.74) is 0.969. The Morgan fingerprint density at radius 2 is 1.88 bits per heavy atom. The molecule has 86 valence electrons. The molecule has 0 heterocycles. The molecule has 0 aromatic heterocycles. The van der Waals surface area contributed by atoms with E-state index >= 15 is 0 Å². The average molecular weight is 220 g/mol. The number of benzene rings is 1. The van der Waals surface area contributed by atoms with E-state index in [4.69, 9.17) is 5.26 Å². The number of anilines is 1. The van der Waals surface area contributed by atoms with E-state index in [2.05, 4.69) is 13.8 Å². The van der Waals surface area contributed by atoms with E-state index in [1.165, 1.54) is 6.07 Å². The van der Waals surface area contributed by atoms with Crippen molar-refractivity contribution >= 4 is 5.69 Å². The van der Waals surface area contributed by atoms with E-state index in [0.29, 0.717) is 11.3 Å². The summed E-state index contributed by atoms with van der Waals surface area (Å²) in [6.07, 6.45) is 1.97. The highest BCUT2D eigenvalue weighted by atomic mass is 19.1. The van der Waals surface area contributed by atoms with Crippen molar-refractivity contribution in [2.24, 2.45) is 0 Å². The Balaban J connectivity index is 2.96. The normalized spacial score (nSPS) is 9.88. The first-order chi connectivity index (χ1) is 7.72. The van der Waals surface area contributed by atoms with Gasteiger partial charge in [0.25, 0.3) is 0 Å². The van der Waals surface area contributed by atoms with E-state index < -0.39 is 0 Å². The maximum absolute atomic E-state index is 13.7. The number of hydrogen-bond acceptors (Lipinski definition) is 2. The molecule has 0 atom stereocenters. The van der Waals surface area contributed by atoms with Crippen LogP contribution in [0.2, 0.25) is 0 Å². The zero-order valence-corrected chi connectivity index (χ0v) is 9.83. The first kappa shape index (κ1) is 12.5. The van der Waals surface area contributed by atoms with Crippen molar-refractivity contribution < 1.29 is 4.39 Å². The molecule has 0 spiro atoms. The molecule has 0 N–H and O–H groups in total. The van der Waals surface area contributed by atoms with Gasteiger partial charge in [0.2, 0.25) is 0 Å². The zero-order valence-electron chi connectivity index (χ0n) is 9.83. The fraction of sp³-hybridized carbons (Fsp3) is 0.462. The van der Waals surface area contributed by atoms with Gasteiger partial charge < -0.3 is 4.90 Å². The predicted molar refractivity (Wildman–Crippen MR) is 63.9 cm³/mol. The second kappa shape index (κ2) is 6.12. The lowest BCUT2D eigenvalue weighted by Crippen LogP contribution is -2.25. The SMILES string of the molecule is CCCN(CCC)c1ccc(C#N)cc1F. The Morgan fingerprint density at radius 3 is 2.31 bits per heavy atom.